The average molecular weight is 654 g/mol. The first kappa shape index (κ1) is 32.8. The van der Waals surface area contributed by atoms with Crippen molar-refractivity contribution in [2.24, 2.45) is 17.8 Å². The van der Waals surface area contributed by atoms with E-state index in [0.29, 0.717) is 36.0 Å². The van der Waals surface area contributed by atoms with Crippen molar-refractivity contribution in [2.45, 2.75) is 44.6 Å². The number of hydrogen-bond acceptors (Lipinski definition) is 4. The number of rotatable bonds is 10. The Morgan fingerprint density at radius 3 is 2.47 bits per heavy atom. The van der Waals surface area contributed by atoms with Gasteiger partial charge in [0.25, 0.3) is 5.91 Å². The van der Waals surface area contributed by atoms with Gasteiger partial charge in [0.2, 0.25) is 11.8 Å². The van der Waals surface area contributed by atoms with Crippen LogP contribution in [0.15, 0.2) is 79.0 Å². The SMILES string of the molecule is CN(C)C[C@H]1Cc2cc(Cl)ccc2N(C(=O)[C@@H](Cc2c[nH]c3ccccc23)NC(=O)C2CCC(CNC(=O)c3ccccc3)CC2)C1. The van der Waals surface area contributed by atoms with Gasteiger partial charge in [-0.2, -0.15) is 0 Å². The molecule has 6 rings (SSSR count). The predicted octanol–water partition coefficient (Wildman–Crippen LogP) is 5.85. The van der Waals surface area contributed by atoms with Gasteiger partial charge >= 0.3 is 0 Å². The molecule has 0 radical (unpaired) electrons. The third kappa shape index (κ3) is 7.88. The molecule has 2 heterocycles. The van der Waals surface area contributed by atoms with Crippen LogP contribution in [0.2, 0.25) is 5.02 Å². The van der Waals surface area contributed by atoms with Crippen LogP contribution < -0.4 is 15.5 Å². The zero-order valence-corrected chi connectivity index (χ0v) is 27.9. The first-order valence-electron chi connectivity index (χ1n) is 16.7. The number of hydrogen-bond donors (Lipinski definition) is 3. The summed E-state index contributed by atoms with van der Waals surface area (Å²) < 4.78 is 0. The summed E-state index contributed by atoms with van der Waals surface area (Å²) >= 11 is 6.40. The van der Waals surface area contributed by atoms with Gasteiger partial charge in [0, 0.05) is 65.3 Å². The smallest absolute Gasteiger partial charge is 0.251 e. The van der Waals surface area contributed by atoms with Gasteiger partial charge < -0.3 is 25.4 Å². The molecule has 1 aliphatic carbocycles. The molecule has 0 unspecified atom stereocenters. The summed E-state index contributed by atoms with van der Waals surface area (Å²) in [6, 6.07) is 22.3. The van der Waals surface area contributed by atoms with Crippen LogP contribution in [0.5, 0.6) is 0 Å². The van der Waals surface area contributed by atoms with E-state index >= 15 is 0 Å². The van der Waals surface area contributed by atoms with Gasteiger partial charge in [-0.3, -0.25) is 14.4 Å². The van der Waals surface area contributed by atoms with Gasteiger partial charge in [-0.1, -0.05) is 48.0 Å². The molecule has 4 aromatic rings. The number of anilines is 1. The number of nitrogens with zero attached hydrogens (tertiary/aromatic N) is 2. The molecule has 1 fully saturated rings. The number of nitrogens with one attached hydrogen (secondary N) is 3. The normalized spacial score (nSPS) is 20.1. The number of carbonyl (C=O) groups is 3. The summed E-state index contributed by atoms with van der Waals surface area (Å²) in [6.07, 6.45) is 6.31. The standard InChI is InChI=1S/C38H44ClN5O3/c1-43(2)23-26-18-29-19-31(39)16-17-35(29)44(24-26)38(47)34(20-30-22-40-33-11-7-6-10-32(30)33)42-37(46)28-14-12-25(13-15-28)21-41-36(45)27-8-4-3-5-9-27/h3-11,16-17,19,22,25-26,28,34,40H,12-15,18,20-21,23-24H2,1-2H3,(H,41,45)(H,42,46)/t25?,26-,28?,34-/m1/s1. The van der Waals surface area contributed by atoms with E-state index in [1.54, 1.807) is 0 Å². The van der Waals surface area contributed by atoms with Crippen molar-refractivity contribution < 1.29 is 14.4 Å². The molecule has 1 saturated carbocycles. The lowest BCUT2D eigenvalue weighted by molar-refractivity contribution is -0.131. The molecule has 1 aromatic heterocycles. The minimum atomic E-state index is -0.730. The molecule has 2 atom stereocenters. The van der Waals surface area contributed by atoms with E-state index in [1.165, 1.54) is 0 Å². The van der Waals surface area contributed by atoms with Crippen LogP contribution >= 0.6 is 11.6 Å². The quantitative estimate of drug-likeness (QED) is 0.200. The second-order valence-electron chi connectivity index (χ2n) is 13.5. The fourth-order valence-electron chi connectivity index (χ4n) is 7.32. The molecule has 3 aromatic carbocycles. The molecule has 0 bridgehead atoms. The van der Waals surface area contributed by atoms with Crippen LogP contribution in [-0.2, 0) is 22.4 Å². The molecule has 3 amide bonds. The van der Waals surface area contributed by atoms with Crippen LogP contribution in [0, 0.1) is 17.8 Å². The van der Waals surface area contributed by atoms with E-state index in [9.17, 15) is 14.4 Å². The van der Waals surface area contributed by atoms with Crippen LogP contribution in [0.4, 0.5) is 5.69 Å². The lowest BCUT2D eigenvalue weighted by atomic mass is 9.81. The number of amides is 3. The van der Waals surface area contributed by atoms with Crippen LogP contribution in [-0.4, -0.2) is 67.4 Å². The highest BCUT2D eigenvalue weighted by atomic mass is 35.5. The van der Waals surface area contributed by atoms with E-state index < -0.39 is 6.04 Å². The van der Waals surface area contributed by atoms with E-state index in [0.717, 1.165) is 66.4 Å². The Morgan fingerprint density at radius 2 is 1.70 bits per heavy atom. The van der Waals surface area contributed by atoms with Gasteiger partial charge in [-0.05, 0) is 106 Å². The molecule has 246 valence electrons. The zero-order chi connectivity index (χ0) is 32.9. The Bertz CT molecular complexity index is 1710. The van der Waals surface area contributed by atoms with Crippen molar-refractivity contribution in [3.63, 3.8) is 0 Å². The highest BCUT2D eigenvalue weighted by Crippen LogP contribution is 2.34. The summed E-state index contributed by atoms with van der Waals surface area (Å²) in [7, 11) is 4.09. The molecule has 3 N–H and O–H groups in total. The van der Waals surface area contributed by atoms with Crippen molar-refractivity contribution in [1.82, 2.24) is 20.5 Å². The number of carbonyl (C=O) groups excluding carboxylic acids is 3. The molecule has 8 nitrogen and oxygen atoms in total. The molecule has 0 saturated heterocycles. The van der Waals surface area contributed by atoms with Gasteiger partial charge in [0.05, 0.1) is 0 Å². The second-order valence-corrected chi connectivity index (χ2v) is 13.9. The first-order valence-corrected chi connectivity index (χ1v) is 17.1. The fourth-order valence-corrected chi connectivity index (χ4v) is 7.51. The summed E-state index contributed by atoms with van der Waals surface area (Å²) in [4.78, 5) is 48.3. The zero-order valence-electron chi connectivity index (χ0n) is 27.2. The highest BCUT2D eigenvalue weighted by Gasteiger charge is 2.36. The van der Waals surface area contributed by atoms with Gasteiger partial charge in [0.15, 0.2) is 0 Å². The van der Waals surface area contributed by atoms with Crippen molar-refractivity contribution in [3.05, 3.63) is 101 Å². The number of benzene rings is 3. The number of aromatic amines is 1. The molecule has 1 aliphatic heterocycles. The topological polar surface area (TPSA) is 97.5 Å². The highest BCUT2D eigenvalue weighted by molar-refractivity contribution is 6.30. The maximum atomic E-state index is 14.6. The van der Waals surface area contributed by atoms with Crippen molar-refractivity contribution in [1.29, 1.82) is 0 Å². The minimum absolute atomic E-state index is 0.0709. The van der Waals surface area contributed by atoms with Gasteiger partial charge in [-0.25, -0.2) is 0 Å². The molecule has 2 aliphatic rings. The summed E-state index contributed by atoms with van der Waals surface area (Å²) in [5.74, 6) is 0.130. The third-order valence-electron chi connectivity index (χ3n) is 9.69. The average Bonchev–Trinajstić information content (AvgIpc) is 3.49. The molecule has 47 heavy (non-hydrogen) atoms. The summed E-state index contributed by atoms with van der Waals surface area (Å²) in [5, 5.41) is 7.98. The van der Waals surface area contributed by atoms with Crippen LogP contribution in [0.1, 0.15) is 47.2 Å². The molecular formula is C38H44ClN5O3. The Morgan fingerprint density at radius 1 is 0.957 bits per heavy atom. The number of para-hydroxylation sites is 1. The molecule has 0 spiro atoms. The Balaban J connectivity index is 1.17. The Labute approximate surface area is 281 Å². The van der Waals surface area contributed by atoms with Crippen molar-refractivity contribution in [3.8, 4) is 0 Å². The van der Waals surface area contributed by atoms with Gasteiger partial charge in [0.1, 0.15) is 6.04 Å². The predicted molar refractivity (Wildman–Crippen MR) is 188 cm³/mol. The summed E-state index contributed by atoms with van der Waals surface area (Å²) in [5.41, 5.74) is 4.57. The maximum absolute atomic E-state index is 14.6. The third-order valence-corrected chi connectivity index (χ3v) is 9.92. The fraction of sp³-hybridized carbons (Fsp3) is 0.395. The van der Waals surface area contributed by atoms with Crippen LogP contribution in [0.3, 0.4) is 0 Å². The van der Waals surface area contributed by atoms with E-state index in [1.807, 2.05) is 98.0 Å². The van der Waals surface area contributed by atoms with Gasteiger partial charge in [-0.15, -0.1) is 0 Å². The van der Waals surface area contributed by atoms with Crippen molar-refractivity contribution in [2.75, 3.05) is 38.6 Å². The van der Waals surface area contributed by atoms with Crippen LogP contribution in [0.25, 0.3) is 10.9 Å². The van der Waals surface area contributed by atoms with E-state index in [4.69, 9.17) is 11.6 Å². The number of aromatic nitrogens is 1. The minimum Gasteiger partial charge on any atom is -0.361 e. The number of H-pyrrole nitrogens is 1. The van der Waals surface area contributed by atoms with E-state index in [-0.39, 0.29) is 29.6 Å². The molecular weight excluding hydrogens is 610 g/mol. The lowest BCUT2D eigenvalue weighted by Crippen LogP contribution is -2.54. The maximum Gasteiger partial charge on any atom is 0.251 e. The van der Waals surface area contributed by atoms with Crippen molar-refractivity contribution >= 4 is 45.9 Å². The Hall–Kier alpha value is -4.14. The largest absolute Gasteiger partial charge is 0.361 e. The summed E-state index contributed by atoms with van der Waals surface area (Å²) in [6.45, 7) is 2.01. The molecule has 9 heteroatoms. The monoisotopic (exact) mass is 653 g/mol. The first-order chi connectivity index (χ1) is 22.7. The lowest BCUT2D eigenvalue weighted by Gasteiger charge is -2.38. The van der Waals surface area contributed by atoms with E-state index in [2.05, 4.69) is 20.5 Å². The Kier molecular flexibility index (Phi) is 10.3. The number of halogens is 1. The second kappa shape index (κ2) is 14.7. The number of fused-ring (bicyclic) bond motifs is 2.